The van der Waals surface area contributed by atoms with Gasteiger partial charge in [-0.3, -0.25) is 0 Å². The number of sulfone groups is 1. The zero-order valence-electron chi connectivity index (χ0n) is 8.71. The molecule has 0 saturated carbocycles. The summed E-state index contributed by atoms with van der Waals surface area (Å²) < 4.78 is 24.6. The average Bonchev–Trinajstić information content (AvgIpc) is 2.31. The predicted octanol–water partition coefficient (Wildman–Crippen LogP) is 1.63. The maximum atomic E-state index is 12.3. The number of nitrogens with two attached hydrogens (primary N) is 1. The van der Waals surface area contributed by atoms with Crippen molar-refractivity contribution >= 4 is 9.84 Å². The van der Waals surface area contributed by atoms with Crippen molar-refractivity contribution in [1.82, 2.24) is 0 Å². The van der Waals surface area contributed by atoms with Gasteiger partial charge in [0, 0.05) is 6.42 Å². The Morgan fingerprint density at radius 1 is 1.12 bits per heavy atom. The standard InChI is InChI=1S/C12H13NO2S/c13-12(9-5-2-6-10-12)16(14,15)11-7-3-1-4-8-11/h1-9H,10,13H2. The number of allylic oxidation sites excluding steroid dienone is 2. The number of rotatable bonds is 2. The topological polar surface area (TPSA) is 60.2 Å². The fraction of sp³-hybridized carbons (Fsp3) is 0.167. The molecule has 0 fully saturated rings. The third-order valence-electron chi connectivity index (χ3n) is 2.62. The molecule has 1 unspecified atom stereocenters. The van der Waals surface area contributed by atoms with E-state index in [1.165, 1.54) is 6.08 Å². The van der Waals surface area contributed by atoms with Gasteiger partial charge >= 0.3 is 0 Å². The molecule has 0 aliphatic heterocycles. The smallest absolute Gasteiger partial charge is 0.200 e. The van der Waals surface area contributed by atoms with Crippen LogP contribution in [-0.4, -0.2) is 13.3 Å². The molecule has 1 aromatic rings. The first kappa shape index (κ1) is 11.1. The van der Waals surface area contributed by atoms with E-state index in [1.54, 1.807) is 48.6 Å². The molecule has 0 heterocycles. The molecule has 4 heteroatoms. The Kier molecular flexibility index (Phi) is 2.69. The molecular formula is C12H13NO2S. The molecule has 1 aliphatic carbocycles. The summed E-state index contributed by atoms with van der Waals surface area (Å²) in [5.41, 5.74) is 5.94. The van der Waals surface area contributed by atoms with E-state index in [0.717, 1.165) is 0 Å². The molecule has 84 valence electrons. The molecule has 3 nitrogen and oxygen atoms in total. The van der Waals surface area contributed by atoms with Crippen LogP contribution < -0.4 is 5.73 Å². The lowest BCUT2D eigenvalue weighted by atomic mass is 10.1. The Morgan fingerprint density at radius 3 is 2.38 bits per heavy atom. The minimum Gasteiger partial charge on any atom is -0.309 e. The Labute approximate surface area is 95.2 Å². The zero-order chi connectivity index (χ0) is 11.6. The van der Waals surface area contributed by atoms with Crippen molar-refractivity contribution in [1.29, 1.82) is 0 Å². The van der Waals surface area contributed by atoms with E-state index < -0.39 is 14.7 Å². The minimum atomic E-state index is -3.52. The van der Waals surface area contributed by atoms with Crippen molar-refractivity contribution in [3.05, 3.63) is 54.6 Å². The highest BCUT2D eigenvalue weighted by Crippen LogP contribution is 2.27. The molecule has 0 spiro atoms. The van der Waals surface area contributed by atoms with Crippen molar-refractivity contribution in [2.45, 2.75) is 16.2 Å². The number of benzene rings is 1. The molecule has 0 bridgehead atoms. The molecule has 2 N–H and O–H groups in total. The second-order valence-corrected chi connectivity index (χ2v) is 6.00. The molecule has 1 aliphatic rings. The first-order chi connectivity index (χ1) is 7.56. The van der Waals surface area contributed by atoms with Gasteiger partial charge in [0.15, 0.2) is 0 Å². The SMILES string of the molecule is NC1(S(=O)(=O)c2ccccc2)C=CC=CC1. The van der Waals surface area contributed by atoms with Crippen LogP contribution >= 0.6 is 0 Å². The molecule has 1 atom stereocenters. The van der Waals surface area contributed by atoms with Crippen LogP contribution in [0.4, 0.5) is 0 Å². The van der Waals surface area contributed by atoms with Gasteiger partial charge in [-0.05, 0) is 18.2 Å². The van der Waals surface area contributed by atoms with Gasteiger partial charge in [0.05, 0.1) is 4.90 Å². The van der Waals surface area contributed by atoms with Crippen LogP contribution in [0.5, 0.6) is 0 Å². The molecular weight excluding hydrogens is 222 g/mol. The Hall–Kier alpha value is -1.39. The first-order valence-corrected chi connectivity index (χ1v) is 6.47. The largest absolute Gasteiger partial charge is 0.309 e. The van der Waals surface area contributed by atoms with Crippen molar-refractivity contribution in [3.8, 4) is 0 Å². The van der Waals surface area contributed by atoms with Crippen LogP contribution in [0.2, 0.25) is 0 Å². The van der Waals surface area contributed by atoms with E-state index >= 15 is 0 Å². The summed E-state index contributed by atoms with van der Waals surface area (Å²) in [5.74, 6) is 0. The summed E-state index contributed by atoms with van der Waals surface area (Å²) in [4.78, 5) is -1.05. The van der Waals surface area contributed by atoms with Gasteiger partial charge in [-0.1, -0.05) is 36.4 Å². The van der Waals surface area contributed by atoms with E-state index in [-0.39, 0.29) is 4.90 Å². The summed E-state index contributed by atoms with van der Waals surface area (Å²) in [7, 11) is -3.52. The zero-order valence-corrected chi connectivity index (χ0v) is 9.52. The highest BCUT2D eigenvalue weighted by atomic mass is 32.2. The van der Waals surface area contributed by atoms with Crippen molar-refractivity contribution in [2.24, 2.45) is 5.73 Å². The van der Waals surface area contributed by atoms with Crippen LogP contribution in [0, 0.1) is 0 Å². The van der Waals surface area contributed by atoms with Gasteiger partial charge in [0.25, 0.3) is 0 Å². The highest BCUT2D eigenvalue weighted by Gasteiger charge is 2.38. The summed E-state index contributed by atoms with van der Waals surface area (Å²) in [6.07, 6.45) is 7.08. The third kappa shape index (κ3) is 1.70. The van der Waals surface area contributed by atoms with Gasteiger partial charge in [-0.15, -0.1) is 0 Å². The van der Waals surface area contributed by atoms with E-state index in [9.17, 15) is 8.42 Å². The van der Waals surface area contributed by atoms with Crippen LogP contribution in [-0.2, 0) is 9.84 Å². The number of hydrogen-bond donors (Lipinski definition) is 1. The first-order valence-electron chi connectivity index (χ1n) is 4.99. The second kappa shape index (κ2) is 3.88. The summed E-state index contributed by atoms with van der Waals surface area (Å²) in [6, 6.07) is 8.29. The van der Waals surface area contributed by atoms with E-state index in [2.05, 4.69) is 0 Å². The summed E-state index contributed by atoms with van der Waals surface area (Å²) >= 11 is 0. The second-order valence-electron chi connectivity index (χ2n) is 3.76. The quantitative estimate of drug-likeness (QED) is 0.847. The van der Waals surface area contributed by atoms with Crippen molar-refractivity contribution in [3.63, 3.8) is 0 Å². The van der Waals surface area contributed by atoms with Crippen LogP contribution in [0.15, 0.2) is 59.5 Å². The van der Waals surface area contributed by atoms with Gasteiger partial charge in [-0.2, -0.15) is 0 Å². The Bertz CT molecular complexity index is 531. The van der Waals surface area contributed by atoms with Gasteiger partial charge in [0.2, 0.25) is 9.84 Å². The molecule has 0 saturated heterocycles. The fourth-order valence-electron chi connectivity index (χ4n) is 1.64. The maximum absolute atomic E-state index is 12.3. The summed E-state index contributed by atoms with van der Waals surface area (Å²) in [5, 5.41) is 0. The normalized spacial score (nSPS) is 24.6. The van der Waals surface area contributed by atoms with Crippen molar-refractivity contribution < 1.29 is 8.42 Å². The molecule has 0 amide bonds. The maximum Gasteiger partial charge on any atom is 0.200 e. The molecule has 0 radical (unpaired) electrons. The Balaban J connectivity index is 2.48. The fourth-order valence-corrected chi connectivity index (χ4v) is 3.16. The van der Waals surface area contributed by atoms with Crippen LogP contribution in [0.25, 0.3) is 0 Å². The molecule has 1 aromatic carbocycles. The third-order valence-corrected chi connectivity index (χ3v) is 4.81. The molecule has 16 heavy (non-hydrogen) atoms. The number of hydrogen-bond acceptors (Lipinski definition) is 3. The summed E-state index contributed by atoms with van der Waals surface area (Å²) in [6.45, 7) is 0. The lowest BCUT2D eigenvalue weighted by molar-refractivity contribution is 0.555. The van der Waals surface area contributed by atoms with Gasteiger partial charge in [-0.25, -0.2) is 8.42 Å². The van der Waals surface area contributed by atoms with Crippen molar-refractivity contribution in [2.75, 3.05) is 0 Å². The van der Waals surface area contributed by atoms with Crippen LogP contribution in [0.3, 0.4) is 0 Å². The lowest BCUT2D eigenvalue weighted by Crippen LogP contribution is -2.46. The molecule has 0 aromatic heterocycles. The Morgan fingerprint density at radius 2 is 1.81 bits per heavy atom. The van der Waals surface area contributed by atoms with E-state index in [1.807, 2.05) is 0 Å². The van der Waals surface area contributed by atoms with Gasteiger partial charge in [0.1, 0.15) is 4.87 Å². The molecule has 2 rings (SSSR count). The van der Waals surface area contributed by atoms with E-state index in [4.69, 9.17) is 5.73 Å². The lowest BCUT2D eigenvalue weighted by Gasteiger charge is -2.26. The predicted molar refractivity (Wildman–Crippen MR) is 63.4 cm³/mol. The van der Waals surface area contributed by atoms with Crippen LogP contribution in [0.1, 0.15) is 6.42 Å². The van der Waals surface area contributed by atoms with Gasteiger partial charge < -0.3 is 5.73 Å². The van der Waals surface area contributed by atoms with E-state index in [0.29, 0.717) is 6.42 Å². The monoisotopic (exact) mass is 235 g/mol. The minimum absolute atomic E-state index is 0.262. The average molecular weight is 235 g/mol. The highest BCUT2D eigenvalue weighted by molar-refractivity contribution is 7.93.